The highest BCUT2D eigenvalue weighted by molar-refractivity contribution is 6.07. The number of carbonyl (C=O) groups is 3. The zero-order valence-electron chi connectivity index (χ0n) is 12.3. The summed E-state index contributed by atoms with van der Waals surface area (Å²) in [6.45, 7) is 2.63. The fourth-order valence-electron chi connectivity index (χ4n) is 1.92. The molecule has 3 unspecified atom stereocenters. The molecule has 1 rings (SSSR count). The molecular formula is C15H19NO6. The van der Waals surface area contributed by atoms with E-state index < -0.39 is 41.9 Å². The molecule has 1 aromatic carbocycles. The van der Waals surface area contributed by atoms with E-state index in [0.717, 1.165) is 0 Å². The van der Waals surface area contributed by atoms with Gasteiger partial charge in [0.05, 0.1) is 12.5 Å². The number of phenolic OH excluding ortho intramolecular Hbond substituents is 1. The third-order valence-corrected chi connectivity index (χ3v) is 3.49. The maximum Gasteiger partial charge on any atom is 0.313 e. The van der Waals surface area contributed by atoms with Crippen molar-refractivity contribution in [1.82, 2.24) is 0 Å². The van der Waals surface area contributed by atoms with Gasteiger partial charge in [0.2, 0.25) is 0 Å². The number of carboxylic acids is 1. The van der Waals surface area contributed by atoms with Crippen molar-refractivity contribution in [3.8, 4) is 5.75 Å². The number of ketones is 2. The number of nitrogen functional groups attached to an aromatic ring is 1. The minimum absolute atomic E-state index is 0.149. The minimum atomic E-state index is -1.30. The molecule has 0 spiro atoms. The van der Waals surface area contributed by atoms with Crippen LogP contribution in [0.2, 0.25) is 0 Å². The Labute approximate surface area is 127 Å². The predicted octanol–water partition coefficient (Wildman–Crippen LogP) is 0.893. The van der Waals surface area contributed by atoms with Crippen LogP contribution in [0, 0.1) is 11.8 Å². The summed E-state index contributed by atoms with van der Waals surface area (Å²) in [5.41, 5.74) is 6.03. The van der Waals surface area contributed by atoms with Gasteiger partial charge in [0.15, 0.2) is 5.78 Å². The number of anilines is 1. The summed E-state index contributed by atoms with van der Waals surface area (Å²) in [6.07, 6.45) is -1.82. The third kappa shape index (κ3) is 4.29. The Bertz CT molecular complexity index is 577. The van der Waals surface area contributed by atoms with Crippen molar-refractivity contribution in [1.29, 1.82) is 0 Å². The van der Waals surface area contributed by atoms with Gasteiger partial charge in [0.1, 0.15) is 17.5 Å². The molecule has 5 N–H and O–H groups in total. The molecule has 0 aliphatic carbocycles. The largest absolute Gasteiger partial charge is 0.508 e. The van der Waals surface area contributed by atoms with Gasteiger partial charge in [0, 0.05) is 17.7 Å². The monoisotopic (exact) mass is 309 g/mol. The maximum absolute atomic E-state index is 12.0. The number of carboxylic acid groups (broad SMARTS) is 1. The molecule has 120 valence electrons. The van der Waals surface area contributed by atoms with Crippen LogP contribution >= 0.6 is 0 Å². The molecule has 0 saturated carbocycles. The summed E-state index contributed by atoms with van der Waals surface area (Å²) < 4.78 is 0. The second-order valence-electron chi connectivity index (χ2n) is 5.26. The standard InChI is InChI=1S/C15H19NO6/c1-7(12(18)6-13(19)8(2)15(21)22)14(20)9-3-10(16)5-11(17)4-9/h3-5,7-8,14,17,20H,6,16H2,1-2H3,(H,21,22). The van der Waals surface area contributed by atoms with Crippen LogP contribution in [0.4, 0.5) is 5.69 Å². The van der Waals surface area contributed by atoms with Crippen molar-refractivity contribution in [3.63, 3.8) is 0 Å². The van der Waals surface area contributed by atoms with E-state index in [0.29, 0.717) is 0 Å². The molecule has 0 bridgehead atoms. The van der Waals surface area contributed by atoms with Crippen LogP contribution in [0.25, 0.3) is 0 Å². The fourth-order valence-corrected chi connectivity index (χ4v) is 1.92. The zero-order valence-corrected chi connectivity index (χ0v) is 12.3. The van der Waals surface area contributed by atoms with E-state index in [1.54, 1.807) is 0 Å². The molecule has 3 atom stereocenters. The van der Waals surface area contributed by atoms with Gasteiger partial charge in [-0.05, 0) is 24.6 Å². The van der Waals surface area contributed by atoms with Gasteiger partial charge in [-0.3, -0.25) is 14.4 Å². The minimum Gasteiger partial charge on any atom is -0.508 e. The average Bonchev–Trinajstić information content (AvgIpc) is 2.43. The summed E-state index contributed by atoms with van der Waals surface area (Å²) in [5, 5.41) is 28.3. The highest BCUT2D eigenvalue weighted by Crippen LogP contribution is 2.28. The lowest BCUT2D eigenvalue weighted by molar-refractivity contribution is -0.146. The second kappa shape index (κ2) is 7.04. The SMILES string of the molecule is CC(C(=O)O)C(=O)CC(=O)C(C)C(O)c1cc(N)cc(O)c1. The number of hydrogen-bond acceptors (Lipinski definition) is 6. The molecule has 0 radical (unpaired) electrons. The van der Waals surface area contributed by atoms with Crippen LogP contribution in [0.15, 0.2) is 18.2 Å². The highest BCUT2D eigenvalue weighted by atomic mass is 16.4. The quantitative estimate of drug-likeness (QED) is 0.433. The topological polar surface area (TPSA) is 138 Å². The maximum atomic E-state index is 12.0. The Balaban J connectivity index is 2.81. The number of aromatic hydroxyl groups is 1. The number of carbonyl (C=O) groups excluding carboxylic acids is 2. The first-order valence-corrected chi connectivity index (χ1v) is 6.69. The Morgan fingerprint density at radius 2 is 1.73 bits per heavy atom. The van der Waals surface area contributed by atoms with E-state index >= 15 is 0 Å². The van der Waals surface area contributed by atoms with Crippen molar-refractivity contribution < 1.29 is 29.7 Å². The van der Waals surface area contributed by atoms with E-state index in [4.69, 9.17) is 10.8 Å². The van der Waals surface area contributed by atoms with Crippen molar-refractivity contribution in [3.05, 3.63) is 23.8 Å². The number of Topliss-reactive ketones (excluding diaryl/α,β-unsaturated/α-hetero) is 2. The smallest absolute Gasteiger partial charge is 0.313 e. The third-order valence-electron chi connectivity index (χ3n) is 3.49. The molecule has 0 aliphatic heterocycles. The predicted molar refractivity (Wildman–Crippen MR) is 78.1 cm³/mol. The summed E-state index contributed by atoms with van der Waals surface area (Å²) >= 11 is 0. The number of benzene rings is 1. The Morgan fingerprint density at radius 3 is 2.23 bits per heavy atom. The molecule has 1 aromatic rings. The average molecular weight is 309 g/mol. The van der Waals surface area contributed by atoms with Crippen molar-refractivity contribution in [2.45, 2.75) is 26.4 Å². The molecule has 7 heteroatoms. The molecule has 0 saturated heterocycles. The molecule has 0 amide bonds. The van der Waals surface area contributed by atoms with E-state index in [9.17, 15) is 24.6 Å². The van der Waals surface area contributed by atoms with Gasteiger partial charge in [-0.15, -0.1) is 0 Å². The highest BCUT2D eigenvalue weighted by Gasteiger charge is 2.29. The Kier molecular flexibility index (Phi) is 5.64. The molecule has 0 aromatic heterocycles. The van der Waals surface area contributed by atoms with Gasteiger partial charge < -0.3 is 21.1 Å². The number of aliphatic hydroxyl groups is 1. The number of aliphatic hydroxyl groups excluding tert-OH is 1. The van der Waals surface area contributed by atoms with Crippen LogP contribution in [0.1, 0.15) is 31.9 Å². The number of hydrogen-bond donors (Lipinski definition) is 4. The van der Waals surface area contributed by atoms with Crippen molar-refractivity contribution >= 4 is 23.2 Å². The van der Waals surface area contributed by atoms with Crippen LogP contribution in [-0.4, -0.2) is 32.9 Å². The lowest BCUT2D eigenvalue weighted by Gasteiger charge is -2.19. The summed E-state index contributed by atoms with van der Waals surface area (Å²) in [5.74, 6) is -4.95. The second-order valence-corrected chi connectivity index (χ2v) is 5.26. The Hall–Kier alpha value is -2.41. The van der Waals surface area contributed by atoms with Crippen LogP contribution in [-0.2, 0) is 14.4 Å². The van der Waals surface area contributed by atoms with E-state index in [1.807, 2.05) is 0 Å². The molecule has 22 heavy (non-hydrogen) atoms. The van der Waals surface area contributed by atoms with Crippen molar-refractivity contribution in [2.24, 2.45) is 11.8 Å². The van der Waals surface area contributed by atoms with E-state index in [-0.39, 0.29) is 17.0 Å². The summed E-state index contributed by atoms with van der Waals surface area (Å²) in [6, 6.07) is 3.98. The molecule has 0 aliphatic rings. The fraction of sp³-hybridized carbons (Fsp3) is 0.400. The van der Waals surface area contributed by atoms with Crippen LogP contribution in [0.5, 0.6) is 5.75 Å². The first kappa shape index (κ1) is 17.6. The first-order valence-electron chi connectivity index (χ1n) is 6.69. The number of phenols is 1. The molecule has 0 fully saturated rings. The Morgan fingerprint density at radius 1 is 1.14 bits per heavy atom. The zero-order chi connectivity index (χ0) is 17.0. The molecular weight excluding hydrogens is 290 g/mol. The van der Waals surface area contributed by atoms with Crippen LogP contribution in [0.3, 0.4) is 0 Å². The van der Waals surface area contributed by atoms with Gasteiger partial charge in [0.25, 0.3) is 0 Å². The first-order chi connectivity index (χ1) is 10.1. The van der Waals surface area contributed by atoms with E-state index in [1.165, 1.54) is 32.0 Å². The lowest BCUT2D eigenvalue weighted by atomic mass is 9.89. The molecule has 0 heterocycles. The van der Waals surface area contributed by atoms with Gasteiger partial charge in [-0.1, -0.05) is 6.92 Å². The van der Waals surface area contributed by atoms with Crippen molar-refractivity contribution in [2.75, 3.05) is 5.73 Å². The number of nitrogens with two attached hydrogens (primary N) is 1. The lowest BCUT2D eigenvalue weighted by Crippen LogP contribution is -2.27. The van der Waals surface area contributed by atoms with Crippen LogP contribution < -0.4 is 5.73 Å². The molecule has 7 nitrogen and oxygen atoms in total. The van der Waals surface area contributed by atoms with E-state index in [2.05, 4.69) is 0 Å². The normalized spacial score (nSPS) is 14.9. The number of rotatable bonds is 7. The van der Waals surface area contributed by atoms with Gasteiger partial charge in [-0.25, -0.2) is 0 Å². The summed E-state index contributed by atoms with van der Waals surface area (Å²) in [4.78, 5) is 34.3. The van der Waals surface area contributed by atoms with Gasteiger partial charge >= 0.3 is 5.97 Å². The van der Waals surface area contributed by atoms with Gasteiger partial charge in [-0.2, -0.15) is 0 Å². The summed E-state index contributed by atoms with van der Waals surface area (Å²) in [7, 11) is 0. The number of aliphatic carboxylic acids is 1.